The van der Waals surface area contributed by atoms with Crippen molar-refractivity contribution in [3.05, 3.63) is 51.9 Å². The Labute approximate surface area is 248 Å². The quantitative estimate of drug-likeness (QED) is 0.380. The number of amides is 1. The number of anilines is 1. The first-order valence-corrected chi connectivity index (χ1v) is 15.3. The lowest BCUT2D eigenvalue weighted by atomic mass is 9.88. The van der Waals surface area contributed by atoms with Gasteiger partial charge in [0.25, 0.3) is 0 Å². The zero-order chi connectivity index (χ0) is 30.1. The van der Waals surface area contributed by atoms with Crippen LogP contribution in [0.3, 0.4) is 0 Å². The number of aryl methyl sites for hydroxylation is 1. The molecule has 0 saturated carbocycles. The van der Waals surface area contributed by atoms with Gasteiger partial charge >= 0.3 is 11.8 Å². The number of halogens is 2. The lowest BCUT2D eigenvalue weighted by Crippen LogP contribution is -2.60. The van der Waals surface area contributed by atoms with Gasteiger partial charge in [-0.2, -0.15) is 4.98 Å². The van der Waals surface area contributed by atoms with E-state index < -0.39 is 17.2 Å². The number of aromatic nitrogens is 2. The maximum absolute atomic E-state index is 15.2. The number of ether oxygens (including phenoxy) is 2. The van der Waals surface area contributed by atoms with Crippen molar-refractivity contribution in [2.75, 3.05) is 37.0 Å². The van der Waals surface area contributed by atoms with E-state index in [-0.39, 0.29) is 29.3 Å². The number of piperazine rings is 1. The molecule has 11 heteroatoms. The SMILES string of the molecule is Cc1cc2c(N3C[C@@H](C)N(C(=O)OC(C)(C)C)[C@@H](C)C3)nc(=O)n3c2c(c1-c1ccc(F)cc1F)SCC1(COC1)C3. The third-order valence-corrected chi connectivity index (χ3v) is 9.69. The maximum Gasteiger partial charge on any atom is 0.410 e. The Hall–Kier alpha value is -3.18. The second kappa shape index (κ2) is 10.2. The van der Waals surface area contributed by atoms with Crippen LogP contribution in [-0.2, 0) is 16.0 Å². The van der Waals surface area contributed by atoms with E-state index in [0.717, 1.165) is 21.9 Å². The molecule has 2 aromatic carbocycles. The normalized spacial score (nSPS) is 21.8. The average Bonchev–Trinajstić information content (AvgIpc) is 3.04. The number of benzene rings is 2. The summed E-state index contributed by atoms with van der Waals surface area (Å²) in [4.78, 5) is 36.1. The van der Waals surface area contributed by atoms with Crippen molar-refractivity contribution < 1.29 is 23.0 Å². The molecule has 0 bridgehead atoms. The van der Waals surface area contributed by atoms with E-state index in [1.54, 1.807) is 21.2 Å². The zero-order valence-corrected chi connectivity index (χ0v) is 25.6. The lowest BCUT2D eigenvalue weighted by molar-refractivity contribution is -0.106. The molecule has 3 aliphatic heterocycles. The summed E-state index contributed by atoms with van der Waals surface area (Å²) >= 11 is 1.59. The average molecular weight is 599 g/mol. The van der Waals surface area contributed by atoms with Crippen LogP contribution in [-0.4, -0.2) is 70.3 Å². The Kier molecular flexibility index (Phi) is 7.04. The summed E-state index contributed by atoms with van der Waals surface area (Å²) in [5.74, 6) is -0.0496. The van der Waals surface area contributed by atoms with Crippen LogP contribution in [0.15, 0.2) is 34.0 Å². The van der Waals surface area contributed by atoms with Gasteiger partial charge in [-0.3, -0.25) is 9.47 Å². The fourth-order valence-electron chi connectivity index (χ4n) is 6.42. The number of nitrogens with zero attached hydrogens (tertiary/aromatic N) is 4. The fourth-order valence-corrected chi connectivity index (χ4v) is 7.90. The van der Waals surface area contributed by atoms with Gasteiger partial charge < -0.3 is 14.4 Å². The molecule has 1 amide bonds. The first-order valence-electron chi connectivity index (χ1n) is 14.3. The van der Waals surface area contributed by atoms with Crippen LogP contribution in [0.5, 0.6) is 0 Å². The summed E-state index contributed by atoms with van der Waals surface area (Å²) in [5.41, 5.74) is 1.25. The molecule has 2 atom stereocenters. The molecule has 0 aliphatic carbocycles. The largest absolute Gasteiger partial charge is 0.444 e. The Morgan fingerprint density at radius 2 is 1.83 bits per heavy atom. The molecule has 3 aliphatic rings. The van der Waals surface area contributed by atoms with Crippen molar-refractivity contribution in [3.63, 3.8) is 0 Å². The van der Waals surface area contributed by atoms with Crippen LogP contribution in [0, 0.1) is 24.0 Å². The molecular formula is C31H36F2N4O4S. The minimum atomic E-state index is -0.649. The van der Waals surface area contributed by atoms with Gasteiger partial charge in [0, 0.05) is 58.3 Å². The van der Waals surface area contributed by atoms with Gasteiger partial charge in [-0.25, -0.2) is 18.4 Å². The van der Waals surface area contributed by atoms with Crippen molar-refractivity contribution in [2.24, 2.45) is 5.41 Å². The molecule has 2 saturated heterocycles. The molecule has 8 nitrogen and oxygen atoms in total. The monoisotopic (exact) mass is 598 g/mol. The maximum atomic E-state index is 15.2. The molecule has 3 aromatic rings. The van der Waals surface area contributed by atoms with Gasteiger partial charge in [0.15, 0.2) is 0 Å². The number of carbonyl (C=O) groups is 1. The summed E-state index contributed by atoms with van der Waals surface area (Å²) in [6, 6.07) is 5.18. The third kappa shape index (κ3) is 4.94. The number of hydrogen-bond acceptors (Lipinski definition) is 7. The first kappa shape index (κ1) is 28.9. The lowest BCUT2D eigenvalue weighted by Gasteiger charge is -2.45. The van der Waals surface area contributed by atoms with Gasteiger partial charge in [-0.05, 0) is 65.3 Å². The summed E-state index contributed by atoms with van der Waals surface area (Å²) in [7, 11) is 0. The van der Waals surface area contributed by atoms with Crippen LogP contribution in [0.1, 0.15) is 40.2 Å². The summed E-state index contributed by atoms with van der Waals surface area (Å²) in [5, 5.41) is 0.795. The second-order valence-corrected chi connectivity index (χ2v) is 14.0. The molecule has 4 heterocycles. The van der Waals surface area contributed by atoms with Crippen molar-refractivity contribution in [3.8, 4) is 11.1 Å². The van der Waals surface area contributed by atoms with E-state index in [9.17, 15) is 14.0 Å². The van der Waals surface area contributed by atoms with Gasteiger partial charge in [0.2, 0.25) is 0 Å². The summed E-state index contributed by atoms with van der Waals surface area (Å²) in [6.07, 6.45) is -0.366. The van der Waals surface area contributed by atoms with E-state index in [2.05, 4.69) is 9.88 Å². The highest BCUT2D eigenvalue weighted by Gasteiger charge is 2.43. The molecule has 1 aromatic heterocycles. The highest BCUT2D eigenvalue weighted by Crippen LogP contribution is 2.48. The number of hydrogen-bond donors (Lipinski definition) is 0. The highest BCUT2D eigenvalue weighted by atomic mass is 32.2. The van der Waals surface area contributed by atoms with Crippen molar-refractivity contribution in [1.29, 1.82) is 0 Å². The first-order chi connectivity index (χ1) is 19.8. The number of carbonyl (C=O) groups excluding carboxylic acids is 1. The topological polar surface area (TPSA) is 76.9 Å². The molecule has 0 radical (unpaired) electrons. The predicted molar refractivity (Wildman–Crippen MR) is 159 cm³/mol. The van der Waals surface area contributed by atoms with Crippen molar-refractivity contribution in [2.45, 2.75) is 70.7 Å². The Balaban J connectivity index is 1.50. The fraction of sp³-hybridized carbons (Fsp3) is 0.516. The third-order valence-electron chi connectivity index (χ3n) is 8.25. The summed E-state index contributed by atoms with van der Waals surface area (Å²) in [6.45, 7) is 13.8. The zero-order valence-electron chi connectivity index (χ0n) is 24.8. The van der Waals surface area contributed by atoms with Crippen LogP contribution in [0.25, 0.3) is 22.0 Å². The molecule has 0 N–H and O–H groups in total. The molecule has 224 valence electrons. The Bertz CT molecular complexity index is 1640. The molecule has 1 spiro atoms. The van der Waals surface area contributed by atoms with Gasteiger partial charge in [-0.1, -0.05) is 0 Å². The minimum absolute atomic E-state index is 0.198. The van der Waals surface area contributed by atoms with Gasteiger partial charge in [-0.15, -0.1) is 11.8 Å². The molecule has 0 unspecified atom stereocenters. The van der Waals surface area contributed by atoms with Crippen molar-refractivity contribution >= 4 is 34.6 Å². The van der Waals surface area contributed by atoms with E-state index in [1.165, 1.54) is 12.1 Å². The summed E-state index contributed by atoms with van der Waals surface area (Å²) < 4.78 is 42.1. The van der Waals surface area contributed by atoms with Crippen LogP contribution in [0.4, 0.5) is 19.4 Å². The molecule has 42 heavy (non-hydrogen) atoms. The van der Waals surface area contributed by atoms with Crippen LogP contribution < -0.4 is 10.6 Å². The smallest absolute Gasteiger partial charge is 0.410 e. The van der Waals surface area contributed by atoms with E-state index >= 15 is 4.39 Å². The highest BCUT2D eigenvalue weighted by molar-refractivity contribution is 7.99. The number of thioether (sulfide) groups is 1. The van der Waals surface area contributed by atoms with E-state index in [1.807, 2.05) is 47.6 Å². The van der Waals surface area contributed by atoms with Crippen LogP contribution >= 0.6 is 11.8 Å². The molecular weight excluding hydrogens is 562 g/mol. The number of rotatable bonds is 2. The van der Waals surface area contributed by atoms with Gasteiger partial charge in [0.1, 0.15) is 23.1 Å². The predicted octanol–water partition coefficient (Wildman–Crippen LogP) is 5.61. The van der Waals surface area contributed by atoms with E-state index in [4.69, 9.17) is 9.47 Å². The van der Waals surface area contributed by atoms with Crippen molar-refractivity contribution in [1.82, 2.24) is 14.5 Å². The molecule has 6 rings (SSSR count). The van der Waals surface area contributed by atoms with E-state index in [0.29, 0.717) is 61.1 Å². The Morgan fingerprint density at radius 1 is 1.14 bits per heavy atom. The standard InChI is InChI=1S/C31H36F2N4O4S/c1-17-9-22-25-26(24(17)21-8-7-20(32)10-23(21)33)42-16-31(14-40-15-31)13-36(25)28(38)34-27(22)35-11-18(2)37(19(3)12-35)29(39)41-30(4,5)6/h7-10,18-19H,11-16H2,1-6H3/t18-,19+. The molecule has 2 fully saturated rings. The van der Waals surface area contributed by atoms with Gasteiger partial charge in [0.05, 0.1) is 30.8 Å². The second-order valence-electron chi connectivity index (χ2n) is 13.0. The van der Waals surface area contributed by atoms with Crippen LogP contribution in [0.2, 0.25) is 0 Å². The Morgan fingerprint density at radius 3 is 2.43 bits per heavy atom. The minimum Gasteiger partial charge on any atom is -0.444 e.